The van der Waals surface area contributed by atoms with Crippen molar-refractivity contribution < 1.29 is 21.6 Å². The highest BCUT2D eigenvalue weighted by molar-refractivity contribution is 7.89. The van der Waals surface area contributed by atoms with Crippen molar-refractivity contribution in [3.63, 3.8) is 0 Å². The molecule has 0 radical (unpaired) electrons. The third-order valence-electron chi connectivity index (χ3n) is 8.78. The maximum atomic E-state index is 13.5. The van der Waals surface area contributed by atoms with E-state index in [-0.39, 0.29) is 24.1 Å². The number of likely N-dealkylation sites (tertiary alicyclic amines) is 1. The number of benzene rings is 1. The number of hydrogen-bond donors (Lipinski definition) is 0. The molecule has 0 aliphatic carbocycles. The zero-order chi connectivity index (χ0) is 27.3. The molecular formula is C28H48ClN3O5S2. The lowest BCUT2D eigenvalue weighted by Gasteiger charge is -2.33. The number of sulfonamides is 2. The predicted octanol–water partition coefficient (Wildman–Crippen LogP) is 4.44. The number of ether oxygens (including phenoxy) is 1. The Bertz CT molecular complexity index is 1120. The Kier molecular flexibility index (Phi) is 12.0. The minimum atomic E-state index is -3.62. The molecule has 1 aromatic carbocycles. The van der Waals surface area contributed by atoms with Crippen molar-refractivity contribution in [1.29, 1.82) is 0 Å². The summed E-state index contributed by atoms with van der Waals surface area (Å²) >= 11 is 0. The number of piperidine rings is 2. The monoisotopic (exact) mass is 605 g/mol. The summed E-state index contributed by atoms with van der Waals surface area (Å²) in [5, 5.41) is 0. The summed E-state index contributed by atoms with van der Waals surface area (Å²) in [6.45, 7) is 9.47. The van der Waals surface area contributed by atoms with Gasteiger partial charge in [-0.05, 0) is 126 Å². The number of aryl methyl sites for hydroxylation is 2. The van der Waals surface area contributed by atoms with Crippen LogP contribution in [0.25, 0.3) is 0 Å². The zero-order valence-corrected chi connectivity index (χ0v) is 26.4. The Balaban J connectivity index is 0.00000420. The van der Waals surface area contributed by atoms with Crippen molar-refractivity contribution in [1.82, 2.24) is 13.5 Å². The third kappa shape index (κ3) is 8.32. The second-order valence-electron chi connectivity index (χ2n) is 11.6. The lowest BCUT2D eigenvalue weighted by molar-refractivity contribution is 0.231. The van der Waals surface area contributed by atoms with E-state index in [1.54, 1.807) is 27.9 Å². The summed E-state index contributed by atoms with van der Waals surface area (Å²) < 4.78 is 61.8. The van der Waals surface area contributed by atoms with E-state index in [1.165, 1.54) is 32.4 Å². The van der Waals surface area contributed by atoms with Gasteiger partial charge in [-0.2, -0.15) is 4.31 Å². The van der Waals surface area contributed by atoms with Gasteiger partial charge in [-0.3, -0.25) is 0 Å². The lowest BCUT2D eigenvalue weighted by Crippen LogP contribution is -2.41. The van der Waals surface area contributed by atoms with Crippen LogP contribution < -0.4 is 4.74 Å². The molecular weight excluding hydrogens is 558 g/mol. The molecule has 0 bridgehead atoms. The molecule has 39 heavy (non-hydrogen) atoms. The van der Waals surface area contributed by atoms with Gasteiger partial charge >= 0.3 is 0 Å². The highest BCUT2D eigenvalue weighted by Gasteiger charge is 2.33. The van der Waals surface area contributed by atoms with Crippen molar-refractivity contribution in [3.05, 3.63) is 23.3 Å². The van der Waals surface area contributed by atoms with Gasteiger partial charge in [-0.1, -0.05) is 0 Å². The van der Waals surface area contributed by atoms with Crippen molar-refractivity contribution in [2.45, 2.75) is 76.5 Å². The Hall–Kier alpha value is -0.910. The minimum Gasteiger partial charge on any atom is -0.497 e. The first-order valence-corrected chi connectivity index (χ1v) is 17.5. The van der Waals surface area contributed by atoms with Gasteiger partial charge in [0.1, 0.15) is 5.75 Å². The number of rotatable bonds is 11. The van der Waals surface area contributed by atoms with Crippen LogP contribution in [0.5, 0.6) is 5.75 Å². The summed E-state index contributed by atoms with van der Waals surface area (Å²) in [6.07, 6.45) is 8.80. The summed E-state index contributed by atoms with van der Waals surface area (Å²) in [5.41, 5.74) is 1.38. The van der Waals surface area contributed by atoms with Crippen LogP contribution in [-0.4, -0.2) is 89.0 Å². The SMILES string of the molecule is COc1cc(C)c(S(=O)(=O)N2CCCC(CCCS(=O)(=O)N3CCC(CCN4CCCC4)CC3)C2)c(C)c1.Cl. The third-order valence-corrected chi connectivity index (χ3v) is 12.9. The smallest absolute Gasteiger partial charge is 0.243 e. The fraction of sp³-hybridized carbons (Fsp3) is 0.786. The fourth-order valence-electron chi connectivity index (χ4n) is 6.58. The molecule has 0 saturated carbocycles. The van der Waals surface area contributed by atoms with Gasteiger partial charge < -0.3 is 9.64 Å². The molecule has 8 nitrogen and oxygen atoms in total. The molecule has 3 aliphatic rings. The van der Waals surface area contributed by atoms with E-state index in [9.17, 15) is 16.8 Å². The molecule has 0 N–H and O–H groups in total. The van der Waals surface area contributed by atoms with Gasteiger partial charge in [0, 0.05) is 26.2 Å². The van der Waals surface area contributed by atoms with Gasteiger partial charge in [-0.25, -0.2) is 21.1 Å². The van der Waals surface area contributed by atoms with E-state index < -0.39 is 20.0 Å². The Morgan fingerprint density at radius 2 is 1.46 bits per heavy atom. The molecule has 1 aromatic rings. The van der Waals surface area contributed by atoms with E-state index in [0.717, 1.165) is 38.6 Å². The van der Waals surface area contributed by atoms with Crippen LogP contribution in [0, 0.1) is 25.7 Å². The van der Waals surface area contributed by atoms with Crippen LogP contribution in [0.3, 0.4) is 0 Å². The topological polar surface area (TPSA) is 87.2 Å². The van der Waals surface area contributed by atoms with Gasteiger partial charge in [-0.15, -0.1) is 12.4 Å². The summed E-state index contributed by atoms with van der Waals surface area (Å²) in [6, 6.07) is 3.53. The van der Waals surface area contributed by atoms with Gasteiger partial charge in [0.05, 0.1) is 17.8 Å². The normalized spacial score (nSPS) is 22.6. The van der Waals surface area contributed by atoms with E-state index in [0.29, 0.717) is 60.3 Å². The highest BCUT2D eigenvalue weighted by atomic mass is 35.5. The van der Waals surface area contributed by atoms with Crippen LogP contribution in [-0.2, 0) is 20.0 Å². The van der Waals surface area contributed by atoms with E-state index in [4.69, 9.17) is 4.74 Å². The molecule has 4 rings (SSSR count). The number of methoxy groups -OCH3 is 1. The van der Waals surface area contributed by atoms with Crippen LogP contribution in [0.4, 0.5) is 0 Å². The van der Waals surface area contributed by atoms with Gasteiger partial charge in [0.2, 0.25) is 20.0 Å². The van der Waals surface area contributed by atoms with E-state index in [2.05, 4.69) is 4.90 Å². The molecule has 0 spiro atoms. The molecule has 11 heteroatoms. The van der Waals surface area contributed by atoms with E-state index >= 15 is 0 Å². The maximum absolute atomic E-state index is 13.5. The molecule has 3 fully saturated rings. The van der Waals surface area contributed by atoms with Crippen molar-refractivity contribution >= 4 is 32.5 Å². The number of nitrogens with zero attached hydrogens (tertiary/aromatic N) is 3. The second kappa shape index (κ2) is 14.3. The van der Waals surface area contributed by atoms with Gasteiger partial charge in [0.15, 0.2) is 0 Å². The fourth-order valence-corrected chi connectivity index (χ4v) is 10.1. The van der Waals surface area contributed by atoms with Crippen molar-refractivity contribution in [2.75, 3.05) is 58.7 Å². The predicted molar refractivity (Wildman–Crippen MR) is 159 cm³/mol. The average molecular weight is 606 g/mol. The van der Waals surface area contributed by atoms with E-state index in [1.807, 2.05) is 13.8 Å². The molecule has 1 unspecified atom stereocenters. The van der Waals surface area contributed by atoms with Gasteiger partial charge in [0.25, 0.3) is 0 Å². The second-order valence-corrected chi connectivity index (χ2v) is 15.6. The molecule has 224 valence electrons. The summed E-state index contributed by atoms with van der Waals surface area (Å²) in [5.74, 6) is 1.63. The molecule has 3 heterocycles. The van der Waals surface area contributed by atoms with Crippen LogP contribution in [0.15, 0.2) is 17.0 Å². The Morgan fingerprint density at radius 3 is 2.08 bits per heavy atom. The van der Waals surface area contributed by atoms with Crippen LogP contribution in [0.1, 0.15) is 68.9 Å². The molecule has 1 atom stereocenters. The zero-order valence-electron chi connectivity index (χ0n) is 23.9. The first kappa shape index (κ1) is 32.6. The average Bonchev–Trinajstić information content (AvgIpc) is 3.41. The van der Waals surface area contributed by atoms with Crippen molar-refractivity contribution in [2.24, 2.45) is 11.8 Å². The number of hydrogen-bond acceptors (Lipinski definition) is 6. The largest absolute Gasteiger partial charge is 0.497 e. The maximum Gasteiger partial charge on any atom is 0.243 e. The molecule has 0 amide bonds. The number of halogens is 1. The van der Waals surface area contributed by atoms with Crippen LogP contribution >= 0.6 is 12.4 Å². The Labute approximate surface area is 243 Å². The standard InChI is InChI=1S/C28H47N3O5S2.ClH/c1-23-20-27(36-3)21-24(2)28(23)38(34,35)31-15-6-8-26(22-31)9-7-19-37(32,33)30-17-11-25(12-18-30)10-16-29-13-4-5-14-29;/h20-21,25-26H,4-19,22H2,1-3H3;1H. The summed E-state index contributed by atoms with van der Waals surface area (Å²) in [4.78, 5) is 2.91. The summed E-state index contributed by atoms with van der Waals surface area (Å²) in [7, 11) is -5.30. The lowest BCUT2D eigenvalue weighted by atomic mass is 9.94. The van der Waals surface area contributed by atoms with Crippen molar-refractivity contribution in [3.8, 4) is 5.75 Å². The molecule has 0 aromatic heterocycles. The quantitative estimate of drug-likeness (QED) is 0.371. The Morgan fingerprint density at radius 1 is 0.821 bits per heavy atom. The van der Waals surface area contributed by atoms with Crippen LogP contribution in [0.2, 0.25) is 0 Å². The molecule has 3 saturated heterocycles. The minimum absolute atomic E-state index is 0. The highest BCUT2D eigenvalue weighted by Crippen LogP contribution is 2.32. The first-order valence-electron chi connectivity index (χ1n) is 14.5. The first-order chi connectivity index (χ1) is 18.1. The molecule has 3 aliphatic heterocycles.